The van der Waals surface area contributed by atoms with E-state index in [-0.39, 0.29) is 49.2 Å². The maximum absolute atomic E-state index is 13.1. The molecular formula is C21H29F2N3O5S. The Labute approximate surface area is 187 Å². The summed E-state index contributed by atoms with van der Waals surface area (Å²) in [5.41, 5.74) is 0.0386. The van der Waals surface area contributed by atoms with E-state index in [2.05, 4.69) is 4.74 Å². The molecule has 0 spiro atoms. The molecule has 2 amide bonds. The highest BCUT2D eigenvalue weighted by molar-refractivity contribution is 7.89. The summed E-state index contributed by atoms with van der Waals surface area (Å²) in [5, 5.41) is 0. The van der Waals surface area contributed by atoms with Crippen LogP contribution in [0.3, 0.4) is 0 Å². The van der Waals surface area contributed by atoms with Crippen LogP contribution in [0.5, 0.6) is 5.75 Å². The van der Waals surface area contributed by atoms with Gasteiger partial charge in [-0.3, -0.25) is 9.59 Å². The molecule has 2 aliphatic heterocycles. The third-order valence-electron chi connectivity index (χ3n) is 5.77. The van der Waals surface area contributed by atoms with Gasteiger partial charge < -0.3 is 14.5 Å². The van der Waals surface area contributed by atoms with Crippen molar-refractivity contribution in [3.63, 3.8) is 0 Å². The molecule has 2 saturated heterocycles. The number of piperazine rings is 1. The first-order valence-electron chi connectivity index (χ1n) is 10.9. The van der Waals surface area contributed by atoms with Gasteiger partial charge in [0.1, 0.15) is 11.8 Å². The SMILES string of the molecule is CCCS(=O)(=O)N1CCCCC1C(=O)N1CCN(C(=O)c2ccccc2OC(F)F)CC1. The number of sulfonamides is 1. The molecule has 0 N–H and O–H groups in total. The molecule has 0 bridgehead atoms. The fourth-order valence-corrected chi connectivity index (χ4v) is 5.95. The second-order valence-corrected chi connectivity index (χ2v) is 9.97. The Morgan fingerprint density at radius 3 is 2.38 bits per heavy atom. The second kappa shape index (κ2) is 10.6. The smallest absolute Gasteiger partial charge is 0.387 e. The van der Waals surface area contributed by atoms with Gasteiger partial charge >= 0.3 is 6.61 Å². The van der Waals surface area contributed by atoms with Crippen LogP contribution in [-0.2, 0) is 14.8 Å². The quantitative estimate of drug-likeness (QED) is 0.606. The summed E-state index contributed by atoms with van der Waals surface area (Å²) in [6.07, 6.45) is 2.49. The van der Waals surface area contributed by atoms with Crippen LogP contribution in [0, 0.1) is 0 Å². The molecule has 2 fully saturated rings. The highest BCUT2D eigenvalue weighted by atomic mass is 32.2. The molecule has 1 atom stereocenters. The molecule has 0 radical (unpaired) electrons. The topological polar surface area (TPSA) is 87.2 Å². The number of hydrogen-bond donors (Lipinski definition) is 0. The zero-order valence-corrected chi connectivity index (χ0v) is 18.9. The first kappa shape index (κ1) is 24.4. The number of para-hydroxylation sites is 1. The van der Waals surface area contributed by atoms with E-state index in [1.54, 1.807) is 17.9 Å². The maximum atomic E-state index is 13.1. The Morgan fingerprint density at radius 2 is 1.72 bits per heavy atom. The molecular weight excluding hydrogens is 444 g/mol. The summed E-state index contributed by atoms with van der Waals surface area (Å²) in [5.74, 6) is -0.861. The van der Waals surface area contributed by atoms with Gasteiger partial charge in [0.2, 0.25) is 15.9 Å². The maximum Gasteiger partial charge on any atom is 0.387 e. The van der Waals surface area contributed by atoms with Crippen molar-refractivity contribution in [3.05, 3.63) is 29.8 Å². The number of amides is 2. The number of halogens is 2. The molecule has 8 nitrogen and oxygen atoms in total. The van der Waals surface area contributed by atoms with E-state index < -0.39 is 28.6 Å². The van der Waals surface area contributed by atoms with Crippen LogP contribution in [0.2, 0.25) is 0 Å². The number of hydrogen-bond acceptors (Lipinski definition) is 5. The fourth-order valence-electron chi connectivity index (χ4n) is 4.21. The van der Waals surface area contributed by atoms with Crippen molar-refractivity contribution in [1.82, 2.24) is 14.1 Å². The van der Waals surface area contributed by atoms with Crippen LogP contribution in [0.1, 0.15) is 43.0 Å². The minimum atomic E-state index is -3.50. The Kier molecular flexibility index (Phi) is 8.05. The van der Waals surface area contributed by atoms with Crippen molar-refractivity contribution < 1.29 is 31.5 Å². The summed E-state index contributed by atoms with van der Waals surface area (Å²) in [6, 6.07) is 5.11. The first-order chi connectivity index (χ1) is 15.2. The van der Waals surface area contributed by atoms with Crippen molar-refractivity contribution in [1.29, 1.82) is 0 Å². The van der Waals surface area contributed by atoms with Crippen LogP contribution in [-0.4, -0.2) is 85.5 Å². The number of piperidine rings is 1. The van der Waals surface area contributed by atoms with Gasteiger partial charge in [-0.25, -0.2) is 8.42 Å². The summed E-state index contributed by atoms with van der Waals surface area (Å²) in [4.78, 5) is 29.1. The van der Waals surface area contributed by atoms with E-state index in [1.807, 2.05) is 0 Å². The average Bonchev–Trinajstić information content (AvgIpc) is 2.78. The third-order valence-corrected chi connectivity index (χ3v) is 7.85. The summed E-state index contributed by atoms with van der Waals surface area (Å²) in [6.45, 7) is 0.0449. The van der Waals surface area contributed by atoms with Crippen LogP contribution in [0.25, 0.3) is 0 Å². The predicted octanol–water partition coefficient (Wildman–Crippen LogP) is 2.17. The number of nitrogens with zero attached hydrogens (tertiary/aromatic N) is 3. The molecule has 2 aliphatic rings. The lowest BCUT2D eigenvalue weighted by Crippen LogP contribution is -2.58. The molecule has 11 heteroatoms. The van der Waals surface area contributed by atoms with Gasteiger partial charge in [-0.15, -0.1) is 0 Å². The predicted molar refractivity (Wildman–Crippen MR) is 114 cm³/mol. The van der Waals surface area contributed by atoms with E-state index in [9.17, 15) is 26.8 Å². The van der Waals surface area contributed by atoms with Gasteiger partial charge in [0.15, 0.2) is 0 Å². The number of alkyl halides is 2. The molecule has 1 aromatic carbocycles. The lowest BCUT2D eigenvalue weighted by atomic mass is 10.0. The molecule has 1 unspecified atom stereocenters. The Balaban J connectivity index is 1.65. The number of ether oxygens (including phenoxy) is 1. The van der Waals surface area contributed by atoms with Crippen molar-refractivity contribution in [2.24, 2.45) is 0 Å². The number of benzene rings is 1. The van der Waals surface area contributed by atoms with Crippen LogP contribution < -0.4 is 4.74 Å². The van der Waals surface area contributed by atoms with Crippen LogP contribution in [0.15, 0.2) is 24.3 Å². The van der Waals surface area contributed by atoms with E-state index in [0.29, 0.717) is 19.4 Å². The average molecular weight is 474 g/mol. The minimum Gasteiger partial charge on any atom is -0.434 e. The van der Waals surface area contributed by atoms with Gasteiger partial charge in [0, 0.05) is 32.7 Å². The van der Waals surface area contributed by atoms with Crippen molar-refractivity contribution >= 4 is 21.8 Å². The van der Waals surface area contributed by atoms with Gasteiger partial charge in [0.05, 0.1) is 11.3 Å². The van der Waals surface area contributed by atoms with E-state index in [0.717, 1.165) is 12.8 Å². The highest BCUT2D eigenvalue weighted by Gasteiger charge is 2.39. The molecule has 0 aliphatic carbocycles. The number of carbonyl (C=O) groups is 2. The normalized spacial score (nSPS) is 20.4. The van der Waals surface area contributed by atoms with Crippen molar-refractivity contribution in [3.8, 4) is 5.75 Å². The van der Waals surface area contributed by atoms with Crippen molar-refractivity contribution in [2.45, 2.75) is 45.3 Å². The monoisotopic (exact) mass is 473 g/mol. The Bertz CT molecular complexity index is 920. The molecule has 0 aromatic heterocycles. The van der Waals surface area contributed by atoms with E-state index >= 15 is 0 Å². The molecule has 2 heterocycles. The minimum absolute atomic E-state index is 0.0131. The fraction of sp³-hybridized carbons (Fsp3) is 0.619. The standard InChI is InChI=1S/C21H29F2N3O5S/c1-2-15-32(29,30)26-10-6-5-8-17(26)20(28)25-13-11-24(12-14-25)19(27)16-7-3-4-9-18(16)31-21(22)23/h3-4,7,9,17,21H,2,5-6,8,10-15H2,1H3. The summed E-state index contributed by atoms with van der Waals surface area (Å²) < 4.78 is 56.3. The van der Waals surface area contributed by atoms with Crippen LogP contribution >= 0.6 is 0 Å². The summed E-state index contributed by atoms with van der Waals surface area (Å²) in [7, 11) is -3.50. The van der Waals surface area contributed by atoms with Gasteiger partial charge in [0.25, 0.3) is 5.91 Å². The molecule has 3 rings (SSSR count). The molecule has 32 heavy (non-hydrogen) atoms. The Hall–Kier alpha value is -2.27. The molecule has 178 valence electrons. The van der Waals surface area contributed by atoms with Gasteiger partial charge in [-0.05, 0) is 31.4 Å². The third kappa shape index (κ3) is 5.55. The second-order valence-electron chi connectivity index (χ2n) is 7.93. The van der Waals surface area contributed by atoms with E-state index in [4.69, 9.17) is 0 Å². The van der Waals surface area contributed by atoms with Gasteiger partial charge in [-0.1, -0.05) is 25.5 Å². The van der Waals surface area contributed by atoms with Crippen molar-refractivity contribution in [2.75, 3.05) is 38.5 Å². The molecule has 0 saturated carbocycles. The highest BCUT2D eigenvalue weighted by Crippen LogP contribution is 2.25. The summed E-state index contributed by atoms with van der Waals surface area (Å²) >= 11 is 0. The lowest BCUT2D eigenvalue weighted by Gasteiger charge is -2.40. The zero-order chi connectivity index (χ0) is 23.3. The number of rotatable bonds is 7. The molecule has 1 aromatic rings. The van der Waals surface area contributed by atoms with Gasteiger partial charge in [-0.2, -0.15) is 13.1 Å². The lowest BCUT2D eigenvalue weighted by molar-refractivity contribution is -0.137. The van der Waals surface area contributed by atoms with E-state index in [1.165, 1.54) is 27.4 Å². The number of carbonyl (C=O) groups excluding carboxylic acids is 2. The largest absolute Gasteiger partial charge is 0.434 e. The Morgan fingerprint density at radius 1 is 1.06 bits per heavy atom. The zero-order valence-electron chi connectivity index (χ0n) is 18.1. The van der Waals surface area contributed by atoms with Crippen LogP contribution in [0.4, 0.5) is 8.78 Å². The first-order valence-corrected chi connectivity index (χ1v) is 12.5.